The average molecular weight is 263 g/mol. The molecule has 100 valence electrons. The number of ether oxygens (including phenoxy) is 2. The zero-order chi connectivity index (χ0) is 13.6. The Balaban J connectivity index is 2.25. The highest BCUT2D eigenvalue weighted by Crippen LogP contribution is 2.14. The third kappa shape index (κ3) is 5.62. The largest absolute Gasteiger partial charge is 0.475 e. The third-order valence-corrected chi connectivity index (χ3v) is 1.89. The lowest BCUT2D eigenvalue weighted by Crippen LogP contribution is -2.19. The minimum atomic E-state index is -4.33. The molecule has 0 atom stereocenters. The van der Waals surface area contributed by atoms with Crippen LogP contribution in [0.3, 0.4) is 0 Å². The van der Waals surface area contributed by atoms with Crippen molar-refractivity contribution in [1.29, 1.82) is 0 Å². The van der Waals surface area contributed by atoms with Crippen molar-refractivity contribution in [3.05, 3.63) is 23.9 Å². The second-order valence-corrected chi connectivity index (χ2v) is 3.46. The van der Waals surface area contributed by atoms with Gasteiger partial charge in [0.1, 0.15) is 13.2 Å². The first-order valence-electron chi connectivity index (χ1n) is 5.13. The van der Waals surface area contributed by atoms with E-state index in [1.165, 1.54) is 25.3 Å². The molecule has 0 aliphatic carbocycles. The van der Waals surface area contributed by atoms with Gasteiger partial charge in [-0.2, -0.15) is 13.2 Å². The second-order valence-electron chi connectivity index (χ2n) is 3.46. The minimum absolute atomic E-state index is 0.0392. The van der Waals surface area contributed by atoms with E-state index < -0.39 is 12.8 Å². The number of hydrogen-bond donors (Lipinski definition) is 0. The lowest BCUT2D eigenvalue weighted by molar-refractivity contribution is -0.175. The van der Waals surface area contributed by atoms with Crippen LogP contribution in [0.1, 0.15) is 17.3 Å². The number of halogens is 3. The van der Waals surface area contributed by atoms with E-state index in [4.69, 9.17) is 4.74 Å². The number of Topliss-reactive ketones (excluding diaryl/α,β-unsaturated/α-hetero) is 1. The Kier molecular flexibility index (Phi) is 5.08. The molecular formula is C11H12F3NO3. The van der Waals surface area contributed by atoms with Gasteiger partial charge in [-0.05, 0) is 13.0 Å². The fraction of sp³-hybridized carbons (Fsp3) is 0.455. The summed E-state index contributed by atoms with van der Waals surface area (Å²) in [7, 11) is 0. The van der Waals surface area contributed by atoms with Gasteiger partial charge >= 0.3 is 6.18 Å². The first-order chi connectivity index (χ1) is 8.38. The van der Waals surface area contributed by atoms with E-state index in [1.54, 1.807) is 0 Å². The molecule has 4 nitrogen and oxygen atoms in total. The molecule has 0 N–H and O–H groups in total. The summed E-state index contributed by atoms with van der Waals surface area (Å²) < 4.78 is 44.5. The zero-order valence-electron chi connectivity index (χ0n) is 9.66. The normalized spacial score (nSPS) is 11.3. The molecule has 0 fully saturated rings. The number of ketones is 1. The maximum absolute atomic E-state index is 11.7. The zero-order valence-corrected chi connectivity index (χ0v) is 9.66. The first-order valence-corrected chi connectivity index (χ1v) is 5.13. The monoisotopic (exact) mass is 263 g/mol. The van der Waals surface area contributed by atoms with E-state index in [2.05, 4.69) is 9.72 Å². The van der Waals surface area contributed by atoms with Crippen LogP contribution in [-0.4, -0.2) is 36.8 Å². The van der Waals surface area contributed by atoms with E-state index in [0.717, 1.165) is 0 Å². The van der Waals surface area contributed by atoms with Gasteiger partial charge in [0.2, 0.25) is 5.88 Å². The molecule has 1 aromatic heterocycles. The van der Waals surface area contributed by atoms with Gasteiger partial charge < -0.3 is 9.47 Å². The molecule has 0 unspecified atom stereocenters. The lowest BCUT2D eigenvalue weighted by atomic mass is 10.2. The Morgan fingerprint density at radius 1 is 1.33 bits per heavy atom. The van der Waals surface area contributed by atoms with Crippen molar-refractivity contribution in [3.8, 4) is 5.88 Å². The van der Waals surface area contributed by atoms with E-state index in [-0.39, 0.29) is 24.9 Å². The number of nitrogens with zero attached hydrogens (tertiary/aromatic N) is 1. The van der Waals surface area contributed by atoms with Crippen molar-refractivity contribution >= 4 is 5.78 Å². The maximum atomic E-state index is 11.7. The number of alkyl halides is 3. The van der Waals surface area contributed by atoms with Gasteiger partial charge in [0.25, 0.3) is 0 Å². The van der Waals surface area contributed by atoms with Crippen LogP contribution in [0, 0.1) is 0 Å². The topological polar surface area (TPSA) is 48.4 Å². The van der Waals surface area contributed by atoms with Crippen molar-refractivity contribution in [1.82, 2.24) is 4.98 Å². The molecule has 0 bridgehead atoms. The minimum Gasteiger partial charge on any atom is -0.475 e. The smallest absolute Gasteiger partial charge is 0.411 e. The van der Waals surface area contributed by atoms with E-state index >= 15 is 0 Å². The summed E-state index contributed by atoms with van der Waals surface area (Å²) in [5.74, 6) is 0.109. The number of hydrogen-bond acceptors (Lipinski definition) is 4. The summed E-state index contributed by atoms with van der Waals surface area (Å²) in [6, 6.07) is 3.00. The average Bonchev–Trinajstić information content (AvgIpc) is 2.27. The molecule has 0 saturated carbocycles. The van der Waals surface area contributed by atoms with Crippen LogP contribution in [0.15, 0.2) is 18.3 Å². The predicted octanol–water partition coefficient (Wildman–Crippen LogP) is 2.24. The predicted molar refractivity (Wildman–Crippen MR) is 56.6 cm³/mol. The molecule has 0 aliphatic heterocycles. The molecular weight excluding hydrogens is 251 g/mol. The molecule has 0 spiro atoms. The van der Waals surface area contributed by atoms with Gasteiger partial charge in [0, 0.05) is 17.8 Å². The van der Waals surface area contributed by atoms with E-state index in [0.29, 0.717) is 5.56 Å². The summed E-state index contributed by atoms with van der Waals surface area (Å²) in [5, 5.41) is 0. The Morgan fingerprint density at radius 2 is 2.06 bits per heavy atom. The van der Waals surface area contributed by atoms with Crippen LogP contribution in [-0.2, 0) is 4.74 Å². The molecule has 1 heterocycles. The van der Waals surface area contributed by atoms with Gasteiger partial charge in [0.05, 0.1) is 6.61 Å². The number of carbonyl (C=O) groups is 1. The number of pyridine rings is 1. The first kappa shape index (κ1) is 14.4. The van der Waals surface area contributed by atoms with Crippen molar-refractivity contribution in [2.45, 2.75) is 13.1 Å². The van der Waals surface area contributed by atoms with Crippen LogP contribution < -0.4 is 4.74 Å². The SMILES string of the molecule is CC(=O)c1ccc(OCCOCC(F)(F)F)nc1. The van der Waals surface area contributed by atoms with Crippen LogP contribution >= 0.6 is 0 Å². The Morgan fingerprint density at radius 3 is 2.56 bits per heavy atom. The molecule has 0 amide bonds. The van der Waals surface area contributed by atoms with Gasteiger partial charge in [0.15, 0.2) is 5.78 Å². The second kappa shape index (κ2) is 6.34. The number of rotatable bonds is 6. The molecule has 0 aromatic carbocycles. The van der Waals surface area contributed by atoms with Crippen molar-refractivity contribution in [3.63, 3.8) is 0 Å². The summed E-state index contributed by atoms with van der Waals surface area (Å²) in [6.45, 7) is -0.117. The van der Waals surface area contributed by atoms with Crippen molar-refractivity contribution in [2.75, 3.05) is 19.8 Å². The summed E-state index contributed by atoms with van der Waals surface area (Å²) in [5.41, 5.74) is 0.440. The van der Waals surface area contributed by atoms with Crippen LogP contribution in [0.25, 0.3) is 0 Å². The summed E-state index contributed by atoms with van der Waals surface area (Å²) >= 11 is 0. The standard InChI is InChI=1S/C11H12F3NO3/c1-8(16)9-2-3-10(15-6-9)18-5-4-17-7-11(12,13)14/h2-3,6H,4-5,7H2,1H3. The maximum Gasteiger partial charge on any atom is 0.411 e. The molecule has 0 aliphatic rings. The quantitative estimate of drug-likeness (QED) is 0.583. The third-order valence-electron chi connectivity index (χ3n) is 1.89. The fourth-order valence-corrected chi connectivity index (χ4v) is 1.07. The fourth-order valence-electron chi connectivity index (χ4n) is 1.07. The summed E-state index contributed by atoms with van der Waals surface area (Å²) in [6.07, 6.45) is -2.99. The molecule has 7 heteroatoms. The Hall–Kier alpha value is -1.63. The lowest BCUT2D eigenvalue weighted by Gasteiger charge is -2.08. The van der Waals surface area contributed by atoms with Crippen molar-refractivity contribution < 1.29 is 27.4 Å². The number of aromatic nitrogens is 1. The highest BCUT2D eigenvalue weighted by molar-refractivity contribution is 5.93. The van der Waals surface area contributed by atoms with Crippen molar-refractivity contribution in [2.24, 2.45) is 0 Å². The van der Waals surface area contributed by atoms with Gasteiger partial charge in [-0.25, -0.2) is 4.98 Å². The Labute approximate surface area is 102 Å². The molecule has 1 aromatic rings. The van der Waals surface area contributed by atoms with Gasteiger partial charge in [-0.1, -0.05) is 0 Å². The molecule has 0 radical (unpaired) electrons. The van der Waals surface area contributed by atoms with E-state index in [9.17, 15) is 18.0 Å². The highest BCUT2D eigenvalue weighted by Gasteiger charge is 2.27. The van der Waals surface area contributed by atoms with Crippen LogP contribution in [0.4, 0.5) is 13.2 Å². The number of carbonyl (C=O) groups excluding carboxylic acids is 1. The molecule has 1 rings (SSSR count). The van der Waals surface area contributed by atoms with Crippen LogP contribution in [0.2, 0.25) is 0 Å². The van der Waals surface area contributed by atoms with Crippen LogP contribution in [0.5, 0.6) is 5.88 Å². The summed E-state index contributed by atoms with van der Waals surface area (Å²) in [4.78, 5) is 14.8. The molecule has 0 saturated heterocycles. The Bertz CT molecular complexity index is 390. The van der Waals surface area contributed by atoms with Gasteiger partial charge in [-0.15, -0.1) is 0 Å². The van der Waals surface area contributed by atoms with Gasteiger partial charge in [-0.3, -0.25) is 4.79 Å². The molecule has 18 heavy (non-hydrogen) atoms. The van der Waals surface area contributed by atoms with E-state index in [1.807, 2.05) is 0 Å². The highest BCUT2D eigenvalue weighted by atomic mass is 19.4.